The second-order valence-electron chi connectivity index (χ2n) is 3.96. The zero-order valence-corrected chi connectivity index (χ0v) is 8.73. The third-order valence-corrected chi connectivity index (χ3v) is 1.54. The van der Waals surface area contributed by atoms with E-state index in [0.29, 0.717) is 12.4 Å². The second-order valence-corrected chi connectivity index (χ2v) is 4.32. The van der Waals surface area contributed by atoms with Gasteiger partial charge in [0, 0.05) is 5.75 Å². The number of esters is 1. The summed E-state index contributed by atoms with van der Waals surface area (Å²) >= 11 is 3.89. The van der Waals surface area contributed by atoms with E-state index in [1.165, 1.54) is 0 Å². The van der Waals surface area contributed by atoms with E-state index in [9.17, 15) is 4.79 Å². The van der Waals surface area contributed by atoms with Crippen LogP contribution in [0.15, 0.2) is 0 Å². The van der Waals surface area contributed by atoms with Crippen LogP contribution in [0.3, 0.4) is 0 Å². The molecule has 0 fully saturated rings. The van der Waals surface area contributed by atoms with Crippen molar-refractivity contribution in [1.29, 1.82) is 0 Å². The highest BCUT2D eigenvalue weighted by atomic mass is 32.1. The molecule has 0 aromatic carbocycles. The normalized spacial score (nSPS) is 14.1. The topological polar surface area (TPSA) is 52.3 Å². The number of rotatable bonds is 3. The molecule has 3 nitrogen and oxygen atoms in total. The summed E-state index contributed by atoms with van der Waals surface area (Å²) in [6, 6.07) is -0.601. The minimum atomic E-state index is -0.601. The van der Waals surface area contributed by atoms with Gasteiger partial charge in [0.05, 0.1) is 6.61 Å². The summed E-state index contributed by atoms with van der Waals surface area (Å²) in [5.74, 6) is -0.0527. The second kappa shape index (κ2) is 4.72. The van der Waals surface area contributed by atoms with E-state index in [1.54, 1.807) is 0 Å². The summed E-state index contributed by atoms with van der Waals surface area (Å²) in [6.07, 6.45) is 0. The molecule has 72 valence electrons. The van der Waals surface area contributed by atoms with Gasteiger partial charge in [-0.2, -0.15) is 12.6 Å². The molecule has 0 saturated carbocycles. The van der Waals surface area contributed by atoms with Crippen LogP contribution >= 0.6 is 12.6 Å². The summed E-state index contributed by atoms with van der Waals surface area (Å²) < 4.78 is 4.95. The molecule has 0 spiro atoms. The van der Waals surface area contributed by atoms with Crippen molar-refractivity contribution >= 4 is 18.6 Å². The standard InChI is InChI=1S/C8H17NO2S/c1-8(2,3)5-11-7(10)6(9)4-12/h6,12H,4-5,9H2,1-3H3. The Kier molecular flexibility index (Phi) is 4.63. The van der Waals surface area contributed by atoms with Crippen LogP contribution in [0.5, 0.6) is 0 Å². The van der Waals surface area contributed by atoms with E-state index >= 15 is 0 Å². The summed E-state index contributed by atoms with van der Waals surface area (Å²) in [7, 11) is 0. The Hall–Kier alpha value is -0.220. The molecule has 0 aliphatic carbocycles. The average molecular weight is 191 g/mol. The van der Waals surface area contributed by atoms with Crippen molar-refractivity contribution in [2.45, 2.75) is 26.8 Å². The number of ether oxygens (including phenoxy) is 1. The maximum atomic E-state index is 11.0. The minimum Gasteiger partial charge on any atom is -0.464 e. The average Bonchev–Trinajstić information content (AvgIpc) is 1.97. The number of carbonyl (C=O) groups excluding carboxylic acids is 1. The lowest BCUT2D eigenvalue weighted by molar-refractivity contribution is -0.147. The molecule has 0 aliphatic heterocycles. The molecule has 0 aromatic rings. The van der Waals surface area contributed by atoms with Gasteiger partial charge in [0.15, 0.2) is 0 Å². The molecule has 4 heteroatoms. The fraction of sp³-hybridized carbons (Fsp3) is 0.875. The van der Waals surface area contributed by atoms with Crippen molar-refractivity contribution in [1.82, 2.24) is 0 Å². The predicted octanol–water partition coefficient (Wildman–Crippen LogP) is 0.833. The molecule has 0 saturated heterocycles. The molecular formula is C8H17NO2S. The Balaban J connectivity index is 3.72. The maximum absolute atomic E-state index is 11.0. The Morgan fingerprint density at radius 2 is 2.08 bits per heavy atom. The first-order valence-corrected chi connectivity index (χ1v) is 4.53. The van der Waals surface area contributed by atoms with Crippen LogP contribution in [0, 0.1) is 5.41 Å². The first kappa shape index (κ1) is 11.8. The van der Waals surface area contributed by atoms with Crippen molar-refractivity contribution in [3.8, 4) is 0 Å². The van der Waals surface area contributed by atoms with Crippen LogP contribution in [0.2, 0.25) is 0 Å². The quantitative estimate of drug-likeness (QED) is 0.513. The SMILES string of the molecule is CC(C)(C)COC(=O)C(N)CS. The van der Waals surface area contributed by atoms with Crippen LogP contribution in [0.1, 0.15) is 20.8 Å². The lowest BCUT2D eigenvalue weighted by atomic mass is 9.99. The Morgan fingerprint density at radius 1 is 1.58 bits per heavy atom. The third-order valence-electron chi connectivity index (χ3n) is 1.15. The monoisotopic (exact) mass is 191 g/mol. The smallest absolute Gasteiger partial charge is 0.323 e. The molecule has 0 rings (SSSR count). The Bertz CT molecular complexity index is 154. The van der Waals surface area contributed by atoms with Gasteiger partial charge < -0.3 is 10.5 Å². The third kappa shape index (κ3) is 5.43. The Labute approximate surface area is 79.1 Å². The summed E-state index contributed by atoms with van der Waals surface area (Å²) in [5, 5.41) is 0. The number of nitrogens with two attached hydrogens (primary N) is 1. The van der Waals surface area contributed by atoms with Crippen molar-refractivity contribution in [3.05, 3.63) is 0 Å². The number of hydrogen-bond donors (Lipinski definition) is 2. The van der Waals surface area contributed by atoms with Gasteiger partial charge in [-0.05, 0) is 5.41 Å². The van der Waals surface area contributed by atoms with Crippen LogP contribution in [-0.2, 0) is 9.53 Å². The fourth-order valence-electron chi connectivity index (χ4n) is 0.469. The zero-order chi connectivity index (χ0) is 9.78. The van der Waals surface area contributed by atoms with Gasteiger partial charge in [-0.15, -0.1) is 0 Å². The highest BCUT2D eigenvalue weighted by Gasteiger charge is 2.17. The highest BCUT2D eigenvalue weighted by Crippen LogP contribution is 2.13. The van der Waals surface area contributed by atoms with E-state index in [2.05, 4.69) is 12.6 Å². The van der Waals surface area contributed by atoms with Crippen LogP contribution < -0.4 is 5.73 Å². The number of thiol groups is 1. The molecule has 0 aliphatic rings. The molecule has 1 unspecified atom stereocenters. The molecule has 0 aromatic heterocycles. The van der Waals surface area contributed by atoms with Crippen LogP contribution in [-0.4, -0.2) is 24.4 Å². The van der Waals surface area contributed by atoms with Crippen LogP contribution in [0.4, 0.5) is 0 Å². The lowest BCUT2D eigenvalue weighted by Crippen LogP contribution is -2.35. The van der Waals surface area contributed by atoms with Gasteiger partial charge in [-0.3, -0.25) is 4.79 Å². The summed E-state index contributed by atoms with van der Waals surface area (Å²) in [4.78, 5) is 11.0. The fourth-order valence-corrected chi connectivity index (χ4v) is 0.618. The molecule has 0 bridgehead atoms. The lowest BCUT2D eigenvalue weighted by Gasteiger charge is -2.19. The molecule has 0 radical (unpaired) electrons. The van der Waals surface area contributed by atoms with Gasteiger partial charge in [-0.25, -0.2) is 0 Å². The van der Waals surface area contributed by atoms with Crippen molar-refractivity contribution in [2.24, 2.45) is 11.1 Å². The maximum Gasteiger partial charge on any atom is 0.323 e. The molecule has 1 atom stereocenters. The van der Waals surface area contributed by atoms with Gasteiger partial charge in [-0.1, -0.05) is 20.8 Å². The van der Waals surface area contributed by atoms with E-state index in [0.717, 1.165) is 0 Å². The minimum absolute atomic E-state index is 0.00796. The Morgan fingerprint density at radius 3 is 2.42 bits per heavy atom. The first-order valence-electron chi connectivity index (χ1n) is 3.90. The molecule has 0 amide bonds. The van der Waals surface area contributed by atoms with E-state index < -0.39 is 6.04 Å². The summed E-state index contributed by atoms with van der Waals surface area (Å²) in [5.41, 5.74) is 5.39. The molecule has 2 N–H and O–H groups in total. The summed E-state index contributed by atoms with van der Waals surface area (Å²) in [6.45, 7) is 6.37. The van der Waals surface area contributed by atoms with E-state index in [4.69, 9.17) is 10.5 Å². The van der Waals surface area contributed by atoms with Crippen LogP contribution in [0.25, 0.3) is 0 Å². The molecule has 0 heterocycles. The van der Waals surface area contributed by atoms with Gasteiger partial charge in [0.1, 0.15) is 6.04 Å². The van der Waals surface area contributed by atoms with Crippen molar-refractivity contribution in [2.75, 3.05) is 12.4 Å². The predicted molar refractivity (Wildman–Crippen MR) is 52.2 cm³/mol. The van der Waals surface area contributed by atoms with Gasteiger partial charge in [0.25, 0.3) is 0 Å². The number of carbonyl (C=O) groups is 1. The van der Waals surface area contributed by atoms with E-state index in [-0.39, 0.29) is 11.4 Å². The number of hydrogen-bond acceptors (Lipinski definition) is 4. The zero-order valence-electron chi connectivity index (χ0n) is 7.83. The van der Waals surface area contributed by atoms with Gasteiger partial charge in [0.2, 0.25) is 0 Å². The van der Waals surface area contributed by atoms with E-state index in [1.807, 2.05) is 20.8 Å². The molecular weight excluding hydrogens is 174 g/mol. The van der Waals surface area contributed by atoms with Crippen molar-refractivity contribution < 1.29 is 9.53 Å². The highest BCUT2D eigenvalue weighted by molar-refractivity contribution is 7.80. The van der Waals surface area contributed by atoms with Gasteiger partial charge >= 0.3 is 5.97 Å². The largest absolute Gasteiger partial charge is 0.464 e. The first-order chi connectivity index (χ1) is 5.37. The molecule has 12 heavy (non-hydrogen) atoms. The van der Waals surface area contributed by atoms with Crippen molar-refractivity contribution in [3.63, 3.8) is 0 Å².